The minimum Gasteiger partial charge on any atom is -0.373 e. The molecule has 13 heavy (non-hydrogen) atoms. The van der Waals surface area contributed by atoms with Crippen LogP contribution in [0.2, 0.25) is 0 Å². The smallest absolute Gasteiger partial charge is 0.0806 e. The maximum absolute atomic E-state index is 6.09. The van der Waals surface area contributed by atoms with Crippen molar-refractivity contribution in [2.75, 3.05) is 20.2 Å². The van der Waals surface area contributed by atoms with Crippen LogP contribution in [0.5, 0.6) is 0 Å². The van der Waals surface area contributed by atoms with E-state index in [2.05, 4.69) is 5.32 Å². The van der Waals surface area contributed by atoms with Gasteiger partial charge in [-0.1, -0.05) is 12.8 Å². The lowest BCUT2D eigenvalue weighted by Crippen LogP contribution is -2.40. The zero-order valence-electron chi connectivity index (χ0n) is 8.64. The Balaban J connectivity index is 1.79. The van der Waals surface area contributed by atoms with E-state index in [1.54, 1.807) is 0 Å². The number of likely N-dealkylation sites (N-methyl/N-ethyl adjacent to an activating group) is 1. The topological polar surface area (TPSA) is 21.3 Å². The fourth-order valence-electron chi connectivity index (χ4n) is 2.29. The lowest BCUT2D eigenvalue weighted by atomic mass is 10.0. The fraction of sp³-hybridized carbons (Fsp3) is 1.00. The van der Waals surface area contributed by atoms with Crippen LogP contribution in [0.3, 0.4) is 0 Å². The van der Waals surface area contributed by atoms with Gasteiger partial charge in [-0.05, 0) is 38.6 Å². The molecule has 2 rings (SSSR count). The van der Waals surface area contributed by atoms with Crippen LogP contribution in [0.15, 0.2) is 0 Å². The van der Waals surface area contributed by atoms with E-state index >= 15 is 0 Å². The van der Waals surface area contributed by atoms with Gasteiger partial charge in [0.25, 0.3) is 0 Å². The van der Waals surface area contributed by atoms with Crippen LogP contribution in [-0.4, -0.2) is 25.8 Å². The van der Waals surface area contributed by atoms with Crippen LogP contribution in [0, 0.1) is 5.92 Å². The van der Waals surface area contributed by atoms with Crippen LogP contribution in [0.25, 0.3) is 0 Å². The van der Waals surface area contributed by atoms with Gasteiger partial charge in [-0.15, -0.1) is 0 Å². The van der Waals surface area contributed by atoms with Crippen molar-refractivity contribution in [2.45, 2.75) is 44.1 Å². The van der Waals surface area contributed by atoms with Gasteiger partial charge in [0, 0.05) is 6.54 Å². The summed E-state index contributed by atoms with van der Waals surface area (Å²) in [6, 6.07) is 0. The molecule has 1 N–H and O–H groups in total. The Labute approximate surface area is 81.0 Å². The quantitative estimate of drug-likeness (QED) is 0.703. The Morgan fingerprint density at radius 2 is 2.00 bits per heavy atom. The van der Waals surface area contributed by atoms with Gasteiger partial charge in [0.1, 0.15) is 0 Å². The molecule has 0 unspecified atom stereocenters. The van der Waals surface area contributed by atoms with Crippen molar-refractivity contribution in [3.05, 3.63) is 0 Å². The molecular weight excluding hydrogens is 162 g/mol. The molecule has 2 heteroatoms. The molecule has 0 bridgehead atoms. The number of rotatable bonds is 5. The molecule has 2 aliphatic carbocycles. The van der Waals surface area contributed by atoms with E-state index in [1.807, 2.05) is 7.05 Å². The van der Waals surface area contributed by atoms with Crippen molar-refractivity contribution in [1.82, 2.24) is 5.32 Å². The molecule has 0 aromatic rings. The zero-order valence-corrected chi connectivity index (χ0v) is 8.64. The molecule has 76 valence electrons. The highest BCUT2D eigenvalue weighted by atomic mass is 16.5. The molecule has 2 aliphatic rings. The first-order valence-electron chi connectivity index (χ1n) is 5.63. The molecule has 2 nitrogen and oxygen atoms in total. The Bertz CT molecular complexity index is 159. The zero-order chi connectivity index (χ0) is 9.15. The summed E-state index contributed by atoms with van der Waals surface area (Å²) in [5, 5.41) is 3.27. The first-order valence-corrected chi connectivity index (χ1v) is 5.63. The molecule has 0 amide bonds. The number of nitrogens with one attached hydrogen (secondary N) is 1. The first kappa shape index (κ1) is 9.47. The van der Waals surface area contributed by atoms with Crippen molar-refractivity contribution in [1.29, 1.82) is 0 Å². The van der Waals surface area contributed by atoms with Crippen LogP contribution in [-0.2, 0) is 4.74 Å². The van der Waals surface area contributed by atoms with Crippen molar-refractivity contribution in [3.63, 3.8) is 0 Å². The molecular formula is C11H21NO. The maximum Gasteiger partial charge on any atom is 0.0806 e. The third-order valence-corrected chi connectivity index (χ3v) is 3.34. The van der Waals surface area contributed by atoms with Crippen LogP contribution >= 0.6 is 0 Å². The highest BCUT2D eigenvalue weighted by Gasteiger charge is 2.35. The third kappa shape index (κ3) is 2.44. The standard InChI is InChI=1S/C11H21NO/c1-12-9-11(6-2-3-7-11)13-8-10-4-5-10/h10,12H,2-9H2,1H3. The summed E-state index contributed by atoms with van der Waals surface area (Å²) < 4.78 is 6.09. The molecule has 0 heterocycles. The van der Waals surface area contributed by atoms with E-state index < -0.39 is 0 Å². The van der Waals surface area contributed by atoms with Gasteiger partial charge >= 0.3 is 0 Å². The number of ether oxygens (including phenoxy) is 1. The minimum absolute atomic E-state index is 0.206. The van der Waals surface area contributed by atoms with Crippen LogP contribution in [0.1, 0.15) is 38.5 Å². The summed E-state index contributed by atoms with van der Waals surface area (Å²) in [7, 11) is 2.03. The summed E-state index contributed by atoms with van der Waals surface area (Å²) in [6.07, 6.45) is 8.03. The number of hydrogen-bond donors (Lipinski definition) is 1. The fourth-order valence-corrected chi connectivity index (χ4v) is 2.29. The molecule has 0 aromatic heterocycles. The van der Waals surface area contributed by atoms with Gasteiger partial charge in [-0.3, -0.25) is 0 Å². The van der Waals surface area contributed by atoms with E-state index in [0.717, 1.165) is 19.1 Å². The largest absolute Gasteiger partial charge is 0.373 e. The Hall–Kier alpha value is -0.0800. The monoisotopic (exact) mass is 183 g/mol. The van der Waals surface area contributed by atoms with Gasteiger partial charge in [0.15, 0.2) is 0 Å². The van der Waals surface area contributed by atoms with Gasteiger partial charge in [0.05, 0.1) is 12.2 Å². The van der Waals surface area contributed by atoms with Crippen molar-refractivity contribution >= 4 is 0 Å². The van der Waals surface area contributed by atoms with Gasteiger partial charge < -0.3 is 10.1 Å². The Morgan fingerprint density at radius 3 is 2.54 bits per heavy atom. The number of hydrogen-bond acceptors (Lipinski definition) is 2. The van der Waals surface area contributed by atoms with E-state index in [4.69, 9.17) is 4.74 Å². The van der Waals surface area contributed by atoms with Crippen molar-refractivity contribution in [2.24, 2.45) is 5.92 Å². The second-order valence-electron chi connectivity index (χ2n) is 4.67. The Kier molecular flexibility index (Phi) is 2.89. The van der Waals surface area contributed by atoms with Gasteiger partial charge in [0.2, 0.25) is 0 Å². The highest BCUT2D eigenvalue weighted by molar-refractivity contribution is 4.89. The first-order chi connectivity index (χ1) is 6.35. The predicted octanol–water partition coefficient (Wildman–Crippen LogP) is 1.95. The molecule has 0 atom stereocenters. The van der Waals surface area contributed by atoms with E-state index in [9.17, 15) is 0 Å². The van der Waals surface area contributed by atoms with Crippen molar-refractivity contribution < 1.29 is 4.74 Å². The average molecular weight is 183 g/mol. The molecule has 2 fully saturated rings. The summed E-state index contributed by atoms with van der Waals surface area (Å²) in [4.78, 5) is 0. The molecule has 0 saturated heterocycles. The maximum atomic E-state index is 6.09. The van der Waals surface area contributed by atoms with E-state index in [0.29, 0.717) is 0 Å². The molecule has 0 aromatic carbocycles. The highest BCUT2D eigenvalue weighted by Crippen LogP contribution is 2.36. The molecule has 0 aliphatic heterocycles. The van der Waals surface area contributed by atoms with Crippen molar-refractivity contribution in [3.8, 4) is 0 Å². The predicted molar refractivity (Wildman–Crippen MR) is 53.8 cm³/mol. The van der Waals surface area contributed by atoms with Crippen LogP contribution in [0.4, 0.5) is 0 Å². The summed E-state index contributed by atoms with van der Waals surface area (Å²) in [6.45, 7) is 2.06. The molecule has 2 saturated carbocycles. The summed E-state index contributed by atoms with van der Waals surface area (Å²) in [5.41, 5.74) is 0.206. The lowest BCUT2D eigenvalue weighted by Gasteiger charge is -2.29. The normalized spacial score (nSPS) is 26.5. The van der Waals surface area contributed by atoms with Gasteiger partial charge in [-0.25, -0.2) is 0 Å². The van der Waals surface area contributed by atoms with Gasteiger partial charge in [-0.2, -0.15) is 0 Å². The van der Waals surface area contributed by atoms with E-state index in [1.165, 1.54) is 38.5 Å². The molecule has 0 spiro atoms. The summed E-state index contributed by atoms with van der Waals surface area (Å²) >= 11 is 0. The SMILES string of the molecule is CNCC1(OCC2CC2)CCCC1. The van der Waals surface area contributed by atoms with Crippen LogP contribution < -0.4 is 5.32 Å². The second-order valence-corrected chi connectivity index (χ2v) is 4.67. The summed E-state index contributed by atoms with van der Waals surface area (Å²) in [5.74, 6) is 0.898. The molecule has 0 radical (unpaired) electrons. The average Bonchev–Trinajstić information content (AvgIpc) is 2.85. The van der Waals surface area contributed by atoms with E-state index in [-0.39, 0.29) is 5.60 Å². The second kappa shape index (κ2) is 3.97. The minimum atomic E-state index is 0.206. The third-order valence-electron chi connectivity index (χ3n) is 3.34. The lowest BCUT2D eigenvalue weighted by molar-refractivity contribution is -0.0432. The Morgan fingerprint density at radius 1 is 1.31 bits per heavy atom.